The number of aromatic nitrogens is 1. The maximum atomic E-state index is 10.4. The van der Waals surface area contributed by atoms with Crippen LogP contribution in [0.25, 0.3) is 17.0 Å². The predicted octanol–water partition coefficient (Wildman–Crippen LogP) is 3.35. The Balaban J connectivity index is 2.19. The average Bonchev–Trinajstić information content (AvgIpc) is 2.63. The van der Waals surface area contributed by atoms with Gasteiger partial charge in [-0.2, -0.15) is 0 Å². The lowest BCUT2D eigenvalue weighted by Crippen LogP contribution is -1.91. The summed E-state index contributed by atoms with van der Waals surface area (Å²) in [4.78, 5) is 13.7. The van der Waals surface area contributed by atoms with Crippen molar-refractivity contribution in [1.82, 2.24) is 4.98 Å². The number of nitrogens with one attached hydrogen (secondary N) is 1. The number of aromatic amines is 1. The van der Waals surface area contributed by atoms with Crippen molar-refractivity contribution in [2.24, 2.45) is 0 Å². The fraction of sp³-hybridized carbons (Fsp3) is 0.214. The second kappa shape index (κ2) is 4.87. The summed E-state index contributed by atoms with van der Waals surface area (Å²) in [5.74, 6) is -0.761. The fourth-order valence-corrected chi connectivity index (χ4v) is 1.88. The second-order valence-electron chi connectivity index (χ2n) is 4.04. The van der Waals surface area contributed by atoms with E-state index in [1.165, 1.54) is 10.9 Å². The molecule has 0 spiro atoms. The first-order valence-corrected chi connectivity index (χ1v) is 5.64. The van der Waals surface area contributed by atoms with Crippen LogP contribution in [0.15, 0.2) is 30.3 Å². The van der Waals surface area contributed by atoms with Gasteiger partial charge in [0.05, 0.1) is 0 Å². The molecule has 2 rings (SSSR count). The summed E-state index contributed by atoms with van der Waals surface area (Å²) in [6, 6.07) is 8.13. The van der Waals surface area contributed by atoms with Crippen molar-refractivity contribution in [3.63, 3.8) is 0 Å². The maximum absolute atomic E-state index is 10.4. The molecule has 2 N–H and O–H groups in total. The van der Waals surface area contributed by atoms with Gasteiger partial charge in [-0.3, -0.25) is 4.79 Å². The zero-order valence-electron chi connectivity index (χ0n) is 9.73. The summed E-state index contributed by atoms with van der Waals surface area (Å²) in [7, 11) is 0. The number of aliphatic carboxylic acids is 1. The first kappa shape index (κ1) is 11.5. The molecule has 88 valence electrons. The van der Waals surface area contributed by atoms with Crippen LogP contribution < -0.4 is 0 Å². The Labute approximate surface area is 99.8 Å². The highest BCUT2D eigenvalue weighted by molar-refractivity contribution is 5.86. The van der Waals surface area contributed by atoms with Gasteiger partial charge >= 0.3 is 5.97 Å². The normalized spacial score (nSPS) is 11.4. The molecular weight excluding hydrogens is 214 g/mol. The van der Waals surface area contributed by atoms with Gasteiger partial charge < -0.3 is 10.1 Å². The van der Waals surface area contributed by atoms with Crippen LogP contribution in [-0.2, 0) is 4.79 Å². The highest BCUT2D eigenvalue weighted by atomic mass is 16.4. The molecule has 0 saturated heterocycles. The van der Waals surface area contributed by atoms with Gasteiger partial charge in [0, 0.05) is 23.0 Å². The summed E-state index contributed by atoms with van der Waals surface area (Å²) in [5, 5.41) is 9.75. The molecule has 0 radical (unpaired) electrons. The molecule has 3 heteroatoms. The van der Waals surface area contributed by atoms with Gasteiger partial charge in [0.2, 0.25) is 0 Å². The van der Waals surface area contributed by atoms with Crippen molar-refractivity contribution >= 4 is 22.9 Å². The number of carboxylic acids is 1. The van der Waals surface area contributed by atoms with E-state index in [1.807, 2.05) is 30.4 Å². The zero-order valence-corrected chi connectivity index (χ0v) is 9.73. The SMILES string of the molecule is Cc1c(/C=C/CCC(=O)O)[nH]c2ccccc12. The van der Waals surface area contributed by atoms with Crippen LogP contribution in [0.4, 0.5) is 0 Å². The van der Waals surface area contributed by atoms with Gasteiger partial charge in [0.15, 0.2) is 0 Å². The number of para-hydroxylation sites is 1. The van der Waals surface area contributed by atoms with Crippen molar-refractivity contribution in [1.29, 1.82) is 0 Å². The molecule has 0 saturated carbocycles. The Morgan fingerprint density at radius 3 is 2.88 bits per heavy atom. The first-order valence-electron chi connectivity index (χ1n) is 5.64. The summed E-state index contributed by atoms with van der Waals surface area (Å²) in [6.07, 6.45) is 4.59. The van der Waals surface area contributed by atoms with Crippen LogP contribution in [0, 0.1) is 6.92 Å². The topological polar surface area (TPSA) is 53.1 Å². The fourth-order valence-electron chi connectivity index (χ4n) is 1.88. The van der Waals surface area contributed by atoms with Crippen LogP contribution in [0.5, 0.6) is 0 Å². The standard InChI is InChI=1S/C14H15NO2/c1-10-11-6-2-3-8-13(11)15-12(10)7-4-5-9-14(16)17/h2-4,6-8,15H,5,9H2,1H3,(H,16,17)/b7-4+. The van der Waals surface area contributed by atoms with E-state index in [0.717, 1.165) is 11.2 Å². The van der Waals surface area contributed by atoms with E-state index in [1.54, 1.807) is 0 Å². The molecule has 2 aromatic rings. The second-order valence-corrected chi connectivity index (χ2v) is 4.04. The summed E-state index contributed by atoms with van der Waals surface area (Å²) in [6.45, 7) is 2.07. The summed E-state index contributed by atoms with van der Waals surface area (Å²) >= 11 is 0. The van der Waals surface area contributed by atoms with Gasteiger partial charge in [0.25, 0.3) is 0 Å². The van der Waals surface area contributed by atoms with Crippen molar-refractivity contribution in [2.45, 2.75) is 19.8 Å². The van der Waals surface area contributed by atoms with Crippen LogP contribution >= 0.6 is 0 Å². The Bertz CT molecular complexity index is 567. The number of fused-ring (bicyclic) bond motifs is 1. The third-order valence-corrected chi connectivity index (χ3v) is 2.81. The molecule has 1 aromatic heterocycles. The molecule has 0 aliphatic rings. The Morgan fingerprint density at radius 2 is 2.18 bits per heavy atom. The molecule has 1 aromatic carbocycles. The Morgan fingerprint density at radius 1 is 1.41 bits per heavy atom. The predicted molar refractivity (Wildman–Crippen MR) is 68.9 cm³/mol. The number of carbonyl (C=O) groups is 1. The molecule has 0 bridgehead atoms. The molecule has 0 amide bonds. The number of hydrogen-bond acceptors (Lipinski definition) is 1. The van der Waals surface area contributed by atoms with Crippen LogP contribution in [0.2, 0.25) is 0 Å². The van der Waals surface area contributed by atoms with Crippen molar-refractivity contribution in [3.05, 3.63) is 41.6 Å². The minimum atomic E-state index is -0.761. The van der Waals surface area contributed by atoms with Gasteiger partial charge in [-0.15, -0.1) is 0 Å². The molecule has 0 unspecified atom stereocenters. The van der Waals surface area contributed by atoms with E-state index < -0.39 is 5.97 Å². The lowest BCUT2D eigenvalue weighted by atomic mass is 10.1. The maximum Gasteiger partial charge on any atom is 0.303 e. The minimum Gasteiger partial charge on any atom is -0.481 e. The number of benzene rings is 1. The zero-order chi connectivity index (χ0) is 12.3. The van der Waals surface area contributed by atoms with Gasteiger partial charge in [0.1, 0.15) is 0 Å². The molecule has 0 atom stereocenters. The Hall–Kier alpha value is -2.03. The van der Waals surface area contributed by atoms with E-state index >= 15 is 0 Å². The molecule has 0 fully saturated rings. The number of rotatable bonds is 4. The van der Waals surface area contributed by atoms with E-state index in [4.69, 9.17) is 5.11 Å². The Kier molecular flexibility index (Phi) is 3.28. The number of allylic oxidation sites excluding steroid dienone is 1. The number of H-pyrrole nitrogens is 1. The minimum absolute atomic E-state index is 0.176. The van der Waals surface area contributed by atoms with Gasteiger partial charge in [-0.05, 0) is 31.1 Å². The smallest absolute Gasteiger partial charge is 0.303 e. The van der Waals surface area contributed by atoms with E-state index in [0.29, 0.717) is 6.42 Å². The molecule has 3 nitrogen and oxygen atoms in total. The van der Waals surface area contributed by atoms with Crippen molar-refractivity contribution < 1.29 is 9.90 Å². The van der Waals surface area contributed by atoms with Crippen LogP contribution in [0.3, 0.4) is 0 Å². The van der Waals surface area contributed by atoms with E-state index in [-0.39, 0.29) is 6.42 Å². The lowest BCUT2D eigenvalue weighted by molar-refractivity contribution is -0.136. The van der Waals surface area contributed by atoms with E-state index in [9.17, 15) is 4.79 Å². The number of aryl methyl sites for hydroxylation is 1. The highest BCUT2D eigenvalue weighted by Gasteiger charge is 2.03. The summed E-state index contributed by atoms with van der Waals surface area (Å²) in [5.41, 5.74) is 3.37. The van der Waals surface area contributed by atoms with E-state index in [2.05, 4.69) is 18.0 Å². The molecular formula is C14H15NO2. The molecule has 0 aliphatic heterocycles. The molecule has 17 heavy (non-hydrogen) atoms. The van der Waals surface area contributed by atoms with Crippen molar-refractivity contribution in [2.75, 3.05) is 0 Å². The van der Waals surface area contributed by atoms with Gasteiger partial charge in [-0.25, -0.2) is 0 Å². The lowest BCUT2D eigenvalue weighted by Gasteiger charge is -1.91. The van der Waals surface area contributed by atoms with Gasteiger partial charge in [-0.1, -0.05) is 24.3 Å². The summed E-state index contributed by atoms with van der Waals surface area (Å²) < 4.78 is 0. The van der Waals surface area contributed by atoms with Crippen LogP contribution in [-0.4, -0.2) is 16.1 Å². The highest BCUT2D eigenvalue weighted by Crippen LogP contribution is 2.22. The van der Waals surface area contributed by atoms with Crippen molar-refractivity contribution in [3.8, 4) is 0 Å². The number of hydrogen-bond donors (Lipinski definition) is 2. The van der Waals surface area contributed by atoms with Crippen LogP contribution in [0.1, 0.15) is 24.1 Å². The number of carboxylic acid groups (broad SMARTS) is 1. The third kappa shape index (κ3) is 2.56. The first-order chi connectivity index (χ1) is 8.18. The monoisotopic (exact) mass is 229 g/mol. The molecule has 0 aliphatic carbocycles. The quantitative estimate of drug-likeness (QED) is 0.844. The molecule has 1 heterocycles. The average molecular weight is 229 g/mol. The third-order valence-electron chi connectivity index (χ3n) is 2.81. The largest absolute Gasteiger partial charge is 0.481 e.